The van der Waals surface area contributed by atoms with Crippen molar-refractivity contribution in [2.45, 2.75) is 45.0 Å². The van der Waals surface area contributed by atoms with E-state index in [9.17, 15) is 9.59 Å². The quantitative estimate of drug-likeness (QED) is 0.175. The van der Waals surface area contributed by atoms with E-state index in [4.69, 9.17) is 14.0 Å². The lowest BCUT2D eigenvalue weighted by Crippen LogP contribution is -2.36. The first kappa shape index (κ1) is 25.4. The minimum Gasteiger partial charge on any atom is -0.462 e. The number of fused-ring (bicyclic) bond motifs is 1. The van der Waals surface area contributed by atoms with Crippen LogP contribution in [-0.2, 0) is 20.4 Å². The van der Waals surface area contributed by atoms with Crippen LogP contribution in [0.3, 0.4) is 0 Å². The monoisotopic (exact) mass is 511 g/mol. The van der Waals surface area contributed by atoms with Crippen LogP contribution in [0.2, 0.25) is 0 Å². The molecule has 2 heterocycles. The minimum absolute atomic E-state index is 0.153. The zero-order valence-corrected chi connectivity index (χ0v) is 21.7. The van der Waals surface area contributed by atoms with Crippen LogP contribution in [0.1, 0.15) is 41.9 Å². The fourth-order valence-corrected chi connectivity index (χ4v) is 7.05. The largest absolute Gasteiger partial charge is 0.462 e. The van der Waals surface area contributed by atoms with E-state index in [0.29, 0.717) is 11.0 Å². The molecule has 184 valence electrons. The van der Waals surface area contributed by atoms with Crippen molar-refractivity contribution in [3.63, 3.8) is 0 Å². The summed E-state index contributed by atoms with van der Waals surface area (Å²) in [4.78, 5) is 25.7. The van der Waals surface area contributed by atoms with Crippen LogP contribution in [0.5, 0.6) is 5.75 Å². The Hall–Kier alpha value is -2.73. The Labute approximate surface area is 211 Å². The molecule has 1 aromatic heterocycles. The normalized spacial score (nSPS) is 16.8. The first-order chi connectivity index (χ1) is 16.9. The average molecular weight is 512 g/mol. The van der Waals surface area contributed by atoms with Gasteiger partial charge in [0, 0.05) is 17.4 Å². The summed E-state index contributed by atoms with van der Waals surface area (Å²) in [5, 5.41) is 0.991. The Morgan fingerprint density at radius 2 is 2.00 bits per heavy atom. The van der Waals surface area contributed by atoms with Gasteiger partial charge in [-0.3, -0.25) is 4.79 Å². The molecule has 1 aliphatic rings. The van der Waals surface area contributed by atoms with Crippen molar-refractivity contribution in [1.29, 1.82) is 0 Å². The molecular formula is C27H30NO5PS. The highest BCUT2D eigenvalue weighted by Crippen LogP contribution is 2.50. The van der Waals surface area contributed by atoms with Gasteiger partial charge in [-0.1, -0.05) is 36.9 Å². The minimum atomic E-state index is -1.15. The van der Waals surface area contributed by atoms with Crippen LogP contribution >= 0.6 is 19.6 Å². The number of carbonyl (C=O) groups is 2. The third kappa shape index (κ3) is 6.49. The van der Waals surface area contributed by atoms with Crippen molar-refractivity contribution in [2.24, 2.45) is 0 Å². The highest BCUT2D eigenvalue weighted by atomic mass is 32.1. The van der Waals surface area contributed by atoms with Crippen LogP contribution in [0.25, 0.3) is 10.1 Å². The zero-order chi connectivity index (χ0) is 24.8. The third-order valence-electron chi connectivity index (χ3n) is 5.52. The number of esters is 2. The number of hydrogen-bond donors (Lipinski definition) is 0. The molecule has 8 heteroatoms. The van der Waals surface area contributed by atoms with Gasteiger partial charge in [0.05, 0.1) is 6.10 Å². The lowest BCUT2D eigenvalue weighted by Gasteiger charge is -2.31. The van der Waals surface area contributed by atoms with Gasteiger partial charge < -0.3 is 14.0 Å². The summed E-state index contributed by atoms with van der Waals surface area (Å²) >= 11 is 1.41. The topological polar surface area (TPSA) is 65.1 Å². The number of benzene rings is 2. The van der Waals surface area contributed by atoms with Crippen molar-refractivity contribution in [2.75, 3.05) is 13.2 Å². The van der Waals surface area contributed by atoms with Gasteiger partial charge in [0.2, 0.25) is 0 Å². The molecule has 2 aromatic carbocycles. The summed E-state index contributed by atoms with van der Waals surface area (Å²) in [5.74, 6) is 0.258. The van der Waals surface area contributed by atoms with Crippen molar-refractivity contribution < 1.29 is 23.6 Å². The fraction of sp³-hybridized carbons (Fsp3) is 0.333. The van der Waals surface area contributed by atoms with Gasteiger partial charge in [-0.05, 0) is 68.0 Å². The van der Waals surface area contributed by atoms with Gasteiger partial charge in [0.15, 0.2) is 8.30 Å². The number of nitrogens with zero attached hydrogens (tertiary/aromatic N) is 1. The Morgan fingerprint density at radius 1 is 1.20 bits per heavy atom. The number of rotatable bonds is 10. The number of thiophene rings is 1. The maximum Gasteiger partial charge on any atom is 0.348 e. The summed E-state index contributed by atoms with van der Waals surface area (Å²) in [6, 6.07) is 17.5. The smallest absolute Gasteiger partial charge is 0.348 e. The lowest BCUT2D eigenvalue weighted by molar-refractivity contribution is -0.151. The van der Waals surface area contributed by atoms with Gasteiger partial charge >= 0.3 is 11.9 Å². The lowest BCUT2D eigenvalue weighted by atomic mass is 10.2. The first-order valence-corrected chi connectivity index (χ1v) is 13.9. The number of hydrogen-bond acceptors (Lipinski definition) is 7. The first-order valence-electron chi connectivity index (χ1n) is 11.7. The van der Waals surface area contributed by atoms with E-state index in [1.165, 1.54) is 11.3 Å². The van der Waals surface area contributed by atoms with Crippen LogP contribution in [0.15, 0.2) is 67.3 Å². The molecule has 2 atom stereocenters. The molecule has 0 saturated carbocycles. The van der Waals surface area contributed by atoms with Crippen LogP contribution in [-0.4, -0.2) is 41.9 Å². The molecule has 0 bridgehead atoms. The van der Waals surface area contributed by atoms with Gasteiger partial charge in [0.1, 0.15) is 23.3 Å². The summed E-state index contributed by atoms with van der Waals surface area (Å²) in [6.07, 6.45) is 3.75. The van der Waals surface area contributed by atoms with Crippen LogP contribution in [0, 0.1) is 0 Å². The molecule has 1 fully saturated rings. The summed E-state index contributed by atoms with van der Waals surface area (Å²) in [7, 11) is -1.15. The number of para-hydroxylation sites is 1. The van der Waals surface area contributed by atoms with Crippen molar-refractivity contribution in [3.05, 3.63) is 77.7 Å². The van der Waals surface area contributed by atoms with Gasteiger partial charge in [-0.15, -0.1) is 11.3 Å². The van der Waals surface area contributed by atoms with Crippen molar-refractivity contribution >= 4 is 41.7 Å². The Bertz CT molecular complexity index is 1180. The van der Waals surface area contributed by atoms with Gasteiger partial charge in [-0.2, -0.15) is 0 Å². The second-order valence-corrected chi connectivity index (χ2v) is 11.4. The van der Waals surface area contributed by atoms with E-state index in [0.717, 1.165) is 40.8 Å². The highest BCUT2D eigenvalue weighted by Gasteiger charge is 2.38. The highest BCUT2D eigenvalue weighted by molar-refractivity contribution is 7.49. The van der Waals surface area contributed by atoms with Gasteiger partial charge in [-0.25, -0.2) is 9.46 Å². The van der Waals surface area contributed by atoms with Crippen LogP contribution < -0.4 is 4.52 Å². The SMILES string of the molecule is C=CCOC(=O)c1cc2cc(CP(Oc3ccccc3)N3CCCC3C(=O)OC(C)C)ccc2s1. The van der Waals surface area contributed by atoms with Crippen molar-refractivity contribution in [3.8, 4) is 5.75 Å². The molecule has 1 saturated heterocycles. The Balaban J connectivity index is 1.58. The van der Waals surface area contributed by atoms with E-state index in [-0.39, 0.29) is 30.7 Å². The zero-order valence-electron chi connectivity index (χ0n) is 20.0. The van der Waals surface area contributed by atoms with E-state index < -0.39 is 8.30 Å². The molecule has 0 radical (unpaired) electrons. The molecule has 6 nitrogen and oxygen atoms in total. The summed E-state index contributed by atoms with van der Waals surface area (Å²) in [5.41, 5.74) is 1.09. The van der Waals surface area contributed by atoms with Gasteiger partial charge in [0.25, 0.3) is 0 Å². The molecular weight excluding hydrogens is 481 g/mol. The van der Waals surface area contributed by atoms with E-state index >= 15 is 0 Å². The molecule has 3 aromatic rings. The van der Waals surface area contributed by atoms with E-state index in [1.807, 2.05) is 56.3 Å². The standard InChI is InChI=1S/C27H30NO5PS/c1-4-15-31-27(30)25-17-21-16-20(12-13-24(21)35-25)18-34(33-22-9-6-5-7-10-22)28-14-8-11-23(28)26(29)32-19(2)3/h4-7,9-10,12-13,16-17,19,23H,1,8,11,14-15,18H2,2-3H3. The van der Waals surface area contributed by atoms with Crippen molar-refractivity contribution in [1.82, 2.24) is 4.67 Å². The summed E-state index contributed by atoms with van der Waals surface area (Å²) < 4.78 is 20.4. The molecule has 0 N–H and O–H groups in total. The average Bonchev–Trinajstić information content (AvgIpc) is 3.49. The second kappa shape index (κ2) is 11.8. The maximum atomic E-state index is 12.8. The van der Waals surface area contributed by atoms with Crippen LogP contribution in [0.4, 0.5) is 0 Å². The molecule has 0 amide bonds. The number of ether oxygens (including phenoxy) is 2. The maximum absolute atomic E-state index is 12.8. The van der Waals surface area contributed by atoms with E-state index in [2.05, 4.69) is 23.4 Å². The predicted molar refractivity (Wildman–Crippen MR) is 141 cm³/mol. The molecule has 1 aliphatic heterocycles. The summed E-state index contributed by atoms with van der Waals surface area (Å²) in [6.45, 7) is 8.31. The Kier molecular flexibility index (Phi) is 8.55. The second-order valence-electron chi connectivity index (χ2n) is 8.59. The molecule has 0 spiro atoms. The number of carbonyl (C=O) groups excluding carboxylic acids is 2. The molecule has 4 rings (SSSR count). The molecule has 2 unspecified atom stereocenters. The molecule has 35 heavy (non-hydrogen) atoms. The Morgan fingerprint density at radius 3 is 2.74 bits per heavy atom. The van der Waals surface area contributed by atoms with E-state index in [1.54, 1.807) is 6.08 Å². The predicted octanol–water partition coefficient (Wildman–Crippen LogP) is 6.55. The molecule has 0 aliphatic carbocycles. The third-order valence-corrected chi connectivity index (χ3v) is 8.73. The fourth-order valence-electron chi connectivity index (χ4n) is 4.00.